The first-order valence-corrected chi connectivity index (χ1v) is 12.5. The van der Waals surface area contributed by atoms with Gasteiger partial charge in [0.1, 0.15) is 0 Å². The third-order valence-corrected chi connectivity index (χ3v) is 6.64. The first-order valence-electron chi connectivity index (χ1n) is 11.1. The van der Waals surface area contributed by atoms with E-state index in [0.717, 1.165) is 18.4 Å². The van der Waals surface area contributed by atoms with Gasteiger partial charge in [-0.15, -0.1) is 0 Å². The number of anilines is 1. The zero-order valence-electron chi connectivity index (χ0n) is 19.3. The van der Waals surface area contributed by atoms with Crippen LogP contribution in [0.5, 0.6) is 0 Å². The summed E-state index contributed by atoms with van der Waals surface area (Å²) in [5.74, 6) is -0.223. The second-order valence-electron chi connectivity index (χ2n) is 9.49. The average molecular weight is 460 g/mol. The molecule has 2 N–H and O–H groups in total. The van der Waals surface area contributed by atoms with Crippen LogP contribution in [0.25, 0.3) is 0 Å². The Balaban J connectivity index is 0.000000416. The number of nitrogens with one attached hydrogen (secondary N) is 1. The van der Waals surface area contributed by atoms with Crippen LogP contribution in [0, 0.1) is 5.41 Å². The number of carbonyl (C=O) groups is 1. The molecule has 1 amide bonds. The molecule has 3 aliphatic rings. The number of amides is 1. The Hall–Kier alpha value is -2.29. The molecule has 0 radical (unpaired) electrons. The summed E-state index contributed by atoms with van der Waals surface area (Å²) in [6, 6.07) is 5.41. The summed E-state index contributed by atoms with van der Waals surface area (Å²) in [6.45, 7) is 10.7. The SMILES string of the molecule is C1CCNCC1.CC1=CC(=C2C(=O)N(c3ccc(S(=O)(=O)O)cc3)N=C2C)CC(C)(C)C1. The maximum atomic E-state index is 13.0. The van der Waals surface area contributed by atoms with Gasteiger partial charge < -0.3 is 5.32 Å². The number of piperidine rings is 1. The minimum atomic E-state index is -4.27. The number of benzene rings is 1. The lowest BCUT2D eigenvalue weighted by atomic mass is 9.74. The van der Waals surface area contributed by atoms with E-state index in [2.05, 4.69) is 37.3 Å². The molecule has 0 atom stereocenters. The van der Waals surface area contributed by atoms with E-state index >= 15 is 0 Å². The van der Waals surface area contributed by atoms with Gasteiger partial charge in [0, 0.05) is 0 Å². The Morgan fingerprint density at radius 2 is 1.66 bits per heavy atom. The van der Waals surface area contributed by atoms with Crippen molar-refractivity contribution in [1.82, 2.24) is 5.32 Å². The van der Waals surface area contributed by atoms with Crippen LogP contribution in [-0.4, -0.2) is 37.7 Å². The van der Waals surface area contributed by atoms with Crippen molar-refractivity contribution < 1.29 is 17.8 Å². The van der Waals surface area contributed by atoms with Crippen LogP contribution in [0.3, 0.4) is 0 Å². The van der Waals surface area contributed by atoms with E-state index in [9.17, 15) is 13.2 Å². The van der Waals surface area contributed by atoms with Crippen molar-refractivity contribution in [2.24, 2.45) is 10.5 Å². The molecule has 2 heterocycles. The Morgan fingerprint density at radius 1 is 1.03 bits per heavy atom. The number of allylic oxidation sites excluding steroid dienone is 3. The fourth-order valence-electron chi connectivity index (χ4n) is 4.50. The van der Waals surface area contributed by atoms with Crippen LogP contribution in [0.4, 0.5) is 5.69 Å². The predicted molar refractivity (Wildman–Crippen MR) is 127 cm³/mol. The Labute approximate surface area is 191 Å². The Bertz CT molecular complexity index is 1050. The molecule has 2 aliphatic heterocycles. The molecule has 174 valence electrons. The van der Waals surface area contributed by atoms with Crippen LogP contribution in [0.15, 0.2) is 57.1 Å². The van der Waals surface area contributed by atoms with Crippen LogP contribution < -0.4 is 10.3 Å². The summed E-state index contributed by atoms with van der Waals surface area (Å²) in [5.41, 5.74) is 4.02. The minimum absolute atomic E-state index is 0.0896. The van der Waals surface area contributed by atoms with Crippen molar-refractivity contribution in [3.8, 4) is 0 Å². The van der Waals surface area contributed by atoms with Crippen molar-refractivity contribution in [3.63, 3.8) is 0 Å². The van der Waals surface area contributed by atoms with Gasteiger partial charge in [-0.25, -0.2) is 0 Å². The maximum Gasteiger partial charge on any atom is 0.294 e. The smallest absolute Gasteiger partial charge is 0.294 e. The Kier molecular flexibility index (Phi) is 7.37. The van der Waals surface area contributed by atoms with Crippen LogP contribution in [0.2, 0.25) is 0 Å². The first-order chi connectivity index (χ1) is 15.0. The normalized spacial score (nSPS) is 23.3. The van der Waals surface area contributed by atoms with Gasteiger partial charge in [0.2, 0.25) is 0 Å². The predicted octanol–water partition coefficient (Wildman–Crippen LogP) is 4.48. The van der Waals surface area contributed by atoms with E-state index in [1.807, 2.05) is 0 Å². The highest BCUT2D eigenvalue weighted by Crippen LogP contribution is 2.40. The molecule has 4 rings (SSSR count). The molecule has 1 aromatic rings. The molecule has 0 aromatic heterocycles. The Morgan fingerprint density at radius 3 is 2.12 bits per heavy atom. The van der Waals surface area contributed by atoms with Gasteiger partial charge in [-0.1, -0.05) is 31.9 Å². The van der Waals surface area contributed by atoms with Gasteiger partial charge in [-0.05, 0) is 87.9 Å². The van der Waals surface area contributed by atoms with Crippen molar-refractivity contribution in [2.75, 3.05) is 18.1 Å². The molecule has 1 saturated heterocycles. The number of rotatable bonds is 2. The van der Waals surface area contributed by atoms with Crippen molar-refractivity contribution >= 4 is 27.4 Å². The summed E-state index contributed by atoms with van der Waals surface area (Å²) in [7, 11) is -4.27. The van der Waals surface area contributed by atoms with Crippen molar-refractivity contribution in [3.05, 3.63) is 47.1 Å². The molecule has 0 bridgehead atoms. The quantitative estimate of drug-likeness (QED) is 0.502. The van der Waals surface area contributed by atoms with Gasteiger partial charge >= 0.3 is 0 Å². The molecule has 8 heteroatoms. The highest BCUT2D eigenvalue weighted by Gasteiger charge is 2.34. The number of hydrogen-bond donors (Lipinski definition) is 2. The molecule has 0 saturated carbocycles. The molecule has 32 heavy (non-hydrogen) atoms. The number of carbonyl (C=O) groups excluding carboxylic acids is 1. The molecular formula is C24H33N3O4S. The zero-order chi connectivity index (χ0) is 23.5. The molecular weight excluding hydrogens is 426 g/mol. The van der Waals surface area contributed by atoms with Crippen molar-refractivity contribution in [2.45, 2.75) is 64.7 Å². The van der Waals surface area contributed by atoms with E-state index in [1.54, 1.807) is 6.92 Å². The van der Waals surface area contributed by atoms with Crippen LogP contribution >= 0.6 is 0 Å². The fourth-order valence-corrected chi connectivity index (χ4v) is 4.98. The zero-order valence-corrected chi connectivity index (χ0v) is 20.1. The lowest BCUT2D eigenvalue weighted by Gasteiger charge is -2.31. The molecule has 0 unspecified atom stereocenters. The number of nitrogens with zero attached hydrogens (tertiary/aromatic N) is 2. The third-order valence-electron chi connectivity index (χ3n) is 5.77. The lowest BCUT2D eigenvalue weighted by molar-refractivity contribution is -0.114. The topological polar surface area (TPSA) is 99.1 Å². The van der Waals surface area contributed by atoms with E-state index in [0.29, 0.717) is 17.0 Å². The average Bonchev–Trinajstić information content (AvgIpc) is 3.02. The third kappa shape index (κ3) is 5.94. The van der Waals surface area contributed by atoms with Gasteiger partial charge in [-0.3, -0.25) is 9.35 Å². The molecule has 7 nitrogen and oxygen atoms in total. The summed E-state index contributed by atoms with van der Waals surface area (Å²) in [6.07, 6.45) is 8.08. The van der Waals surface area contributed by atoms with E-state index in [4.69, 9.17) is 4.55 Å². The fraction of sp³-hybridized carbons (Fsp3) is 0.500. The summed E-state index contributed by atoms with van der Waals surface area (Å²) in [5, 5.41) is 8.92. The largest absolute Gasteiger partial charge is 0.317 e. The van der Waals surface area contributed by atoms with E-state index in [1.165, 1.54) is 67.2 Å². The van der Waals surface area contributed by atoms with E-state index < -0.39 is 10.1 Å². The number of hydrazone groups is 1. The van der Waals surface area contributed by atoms with Gasteiger partial charge in [0.05, 0.1) is 21.9 Å². The summed E-state index contributed by atoms with van der Waals surface area (Å²) < 4.78 is 31.4. The van der Waals surface area contributed by atoms with E-state index in [-0.39, 0.29) is 16.2 Å². The van der Waals surface area contributed by atoms with Crippen LogP contribution in [0.1, 0.15) is 59.8 Å². The molecule has 1 fully saturated rings. The second kappa shape index (κ2) is 9.68. The highest BCUT2D eigenvalue weighted by atomic mass is 32.2. The van der Waals surface area contributed by atoms with Gasteiger partial charge in [-0.2, -0.15) is 18.5 Å². The maximum absolute atomic E-state index is 13.0. The second-order valence-corrected chi connectivity index (χ2v) is 10.9. The monoisotopic (exact) mass is 459 g/mol. The molecule has 1 aliphatic carbocycles. The van der Waals surface area contributed by atoms with Gasteiger partial charge in [0.15, 0.2) is 0 Å². The van der Waals surface area contributed by atoms with Crippen LogP contribution in [-0.2, 0) is 14.9 Å². The molecule has 1 aromatic carbocycles. The highest BCUT2D eigenvalue weighted by molar-refractivity contribution is 7.85. The first kappa shape index (κ1) is 24.4. The minimum Gasteiger partial charge on any atom is -0.317 e. The summed E-state index contributed by atoms with van der Waals surface area (Å²) >= 11 is 0. The lowest BCUT2D eigenvalue weighted by Crippen LogP contribution is -2.24. The summed E-state index contributed by atoms with van der Waals surface area (Å²) in [4.78, 5) is 12.7. The number of hydrogen-bond acceptors (Lipinski definition) is 5. The standard InChI is InChI=1S/C19H22N2O4S.C5H11N/c1-12-9-14(11-19(3,4)10-12)17-13(2)20-21(18(17)22)15-5-7-16(8-6-15)26(23,24)25;1-2-4-6-5-3-1/h5-9H,10-11H2,1-4H3,(H,23,24,25);6H,1-5H2. The van der Waals surface area contributed by atoms with Gasteiger partial charge in [0.25, 0.3) is 16.0 Å². The molecule has 0 spiro atoms. The van der Waals surface area contributed by atoms with Crippen molar-refractivity contribution in [1.29, 1.82) is 0 Å².